The molecule has 3 aromatic carbocycles. The number of hydrogen-bond acceptors (Lipinski definition) is 5. The monoisotopic (exact) mass is 433 g/mol. The Morgan fingerprint density at radius 2 is 1.68 bits per heavy atom. The molecule has 1 aromatic heterocycles. The molecular weight excluding hydrogens is 418 g/mol. The molecule has 0 bridgehead atoms. The molecule has 0 aliphatic carbocycles. The van der Waals surface area contributed by atoms with Gasteiger partial charge in [-0.05, 0) is 48.9 Å². The largest absolute Gasteiger partial charge is 0.299 e. The number of azo groups is 1. The fourth-order valence-electron chi connectivity index (χ4n) is 3.04. The van der Waals surface area contributed by atoms with Crippen LogP contribution < -0.4 is 5.56 Å². The van der Waals surface area contributed by atoms with Crippen LogP contribution in [0.25, 0.3) is 16.9 Å². The van der Waals surface area contributed by atoms with Crippen molar-refractivity contribution in [3.8, 4) is 16.9 Å². The highest BCUT2D eigenvalue weighted by atomic mass is 35.5. The number of hydrogen-bond donors (Lipinski definition) is 1. The van der Waals surface area contributed by atoms with Gasteiger partial charge in [-0.3, -0.25) is 20.0 Å². The summed E-state index contributed by atoms with van der Waals surface area (Å²) in [6, 6.07) is 20.1. The SMILES string of the molecule is Cc1c(Cl)cccc1N=Nc1c(-c2ccc([N+](=O)[O-])cc2)[nH]n(-c2ccccc2)c1=O. The lowest BCUT2D eigenvalue weighted by Gasteiger charge is -2.02. The number of nitrogens with one attached hydrogen (secondary N) is 1. The molecule has 0 unspecified atom stereocenters. The second kappa shape index (κ2) is 8.37. The maximum absolute atomic E-state index is 13.2. The van der Waals surface area contributed by atoms with Crippen LogP contribution in [0, 0.1) is 17.0 Å². The topological polar surface area (TPSA) is 106 Å². The Morgan fingerprint density at radius 3 is 2.35 bits per heavy atom. The zero-order valence-electron chi connectivity index (χ0n) is 16.3. The average Bonchev–Trinajstić information content (AvgIpc) is 3.11. The maximum Gasteiger partial charge on any atom is 0.299 e. The number of rotatable bonds is 5. The third-order valence-corrected chi connectivity index (χ3v) is 5.15. The van der Waals surface area contributed by atoms with Crippen LogP contribution in [0.5, 0.6) is 0 Å². The molecule has 0 aliphatic heterocycles. The van der Waals surface area contributed by atoms with E-state index in [0.717, 1.165) is 5.56 Å². The maximum atomic E-state index is 13.2. The van der Waals surface area contributed by atoms with E-state index in [0.29, 0.717) is 27.7 Å². The molecular formula is C22H16ClN5O3. The van der Waals surface area contributed by atoms with Crippen LogP contribution in [0.1, 0.15) is 5.56 Å². The summed E-state index contributed by atoms with van der Waals surface area (Å²) in [6.45, 7) is 1.81. The van der Waals surface area contributed by atoms with Crippen LogP contribution in [0.2, 0.25) is 5.02 Å². The summed E-state index contributed by atoms with van der Waals surface area (Å²) in [6.07, 6.45) is 0. The minimum atomic E-state index is -0.482. The standard InChI is InChI=1S/C22H16ClN5O3/c1-14-18(23)8-5-9-19(14)24-25-21-20(15-10-12-17(13-11-15)28(30)31)26-27(22(21)29)16-6-3-2-4-7-16/h2-13,26H,1H3. The predicted molar refractivity (Wildman–Crippen MR) is 119 cm³/mol. The predicted octanol–water partition coefficient (Wildman–Crippen LogP) is 6.12. The van der Waals surface area contributed by atoms with Gasteiger partial charge < -0.3 is 0 Å². The van der Waals surface area contributed by atoms with Gasteiger partial charge in [-0.25, -0.2) is 4.68 Å². The summed E-state index contributed by atoms with van der Waals surface area (Å²) >= 11 is 6.15. The lowest BCUT2D eigenvalue weighted by Crippen LogP contribution is -2.13. The first-order valence-electron chi connectivity index (χ1n) is 9.28. The summed E-state index contributed by atoms with van der Waals surface area (Å²) < 4.78 is 1.36. The summed E-state index contributed by atoms with van der Waals surface area (Å²) in [4.78, 5) is 23.7. The molecule has 1 heterocycles. The molecule has 0 saturated carbocycles. The minimum absolute atomic E-state index is 0.0497. The van der Waals surface area contributed by atoms with Gasteiger partial charge in [-0.1, -0.05) is 35.9 Å². The van der Waals surface area contributed by atoms with Crippen LogP contribution in [-0.2, 0) is 0 Å². The molecule has 0 aliphatic rings. The number of aromatic nitrogens is 2. The van der Waals surface area contributed by atoms with Gasteiger partial charge >= 0.3 is 0 Å². The number of para-hydroxylation sites is 1. The number of H-pyrrole nitrogens is 1. The summed E-state index contributed by atoms with van der Waals surface area (Å²) in [5.74, 6) is 0. The van der Waals surface area contributed by atoms with Gasteiger partial charge in [-0.15, -0.1) is 10.2 Å². The third kappa shape index (κ3) is 4.01. The summed E-state index contributed by atoms with van der Waals surface area (Å²) in [7, 11) is 0. The highest BCUT2D eigenvalue weighted by Crippen LogP contribution is 2.31. The van der Waals surface area contributed by atoms with Gasteiger partial charge in [0.15, 0.2) is 5.69 Å². The number of non-ortho nitro benzene ring substituents is 1. The Morgan fingerprint density at radius 1 is 0.968 bits per heavy atom. The van der Waals surface area contributed by atoms with E-state index in [9.17, 15) is 14.9 Å². The van der Waals surface area contributed by atoms with Crippen molar-refractivity contribution in [2.24, 2.45) is 10.2 Å². The number of nitrogens with zero attached hydrogens (tertiary/aromatic N) is 4. The molecule has 4 rings (SSSR count). The van der Waals surface area contributed by atoms with Gasteiger partial charge in [0.1, 0.15) is 0 Å². The van der Waals surface area contributed by atoms with Crippen LogP contribution in [0.3, 0.4) is 0 Å². The van der Waals surface area contributed by atoms with Crippen molar-refractivity contribution < 1.29 is 4.92 Å². The van der Waals surface area contributed by atoms with E-state index in [4.69, 9.17) is 11.6 Å². The number of halogens is 1. The third-order valence-electron chi connectivity index (χ3n) is 4.74. The van der Waals surface area contributed by atoms with E-state index in [1.807, 2.05) is 25.1 Å². The molecule has 4 aromatic rings. The lowest BCUT2D eigenvalue weighted by atomic mass is 10.1. The smallest absolute Gasteiger partial charge is 0.288 e. The molecule has 0 amide bonds. The first-order chi connectivity index (χ1) is 15.0. The molecule has 0 radical (unpaired) electrons. The van der Waals surface area contributed by atoms with Crippen molar-refractivity contribution in [2.75, 3.05) is 0 Å². The number of benzene rings is 3. The van der Waals surface area contributed by atoms with Crippen molar-refractivity contribution >= 4 is 28.7 Å². The normalized spacial score (nSPS) is 11.2. The zero-order valence-corrected chi connectivity index (χ0v) is 17.1. The molecule has 0 spiro atoms. The quantitative estimate of drug-likeness (QED) is 0.233. The Balaban J connectivity index is 1.87. The molecule has 1 N–H and O–H groups in total. The molecule has 0 atom stereocenters. The molecule has 0 fully saturated rings. The number of nitro benzene ring substituents is 1. The van der Waals surface area contributed by atoms with E-state index < -0.39 is 10.5 Å². The minimum Gasteiger partial charge on any atom is -0.288 e. The Bertz CT molecular complexity index is 1340. The van der Waals surface area contributed by atoms with Gasteiger partial charge in [0.2, 0.25) is 0 Å². The first kappa shape index (κ1) is 20.2. The van der Waals surface area contributed by atoms with Gasteiger partial charge in [0, 0.05) is 22.7 Å². The van der Waals surface area contributed by atoms with E-state index in [1.165, 1.54) is 16.8 Å². The second-order valence-corrected chi connectivity index (χ2v) is 7.11. The van der Waals surface area contributed by atoms with Gasteiger partial charge in [0.25, 0.3) is 11.2 Å². The number of nitro groups is 1. The Hall–Kier alpha value is -4.04. The van der Waals surface area contributed by atoms with Crippen molar-refractivity contribution in [3.63, 3.8) is 0 Å². The van der Waals surface area contributed by atoms with Crippen LogP contribution in [-0.4, -0.2) is 14.7 Å². The molecule has 0 saturated heterocycles. The number of aromatic amines is 1. The summed E-state index contributed by atoms with van der Waals surface area (Å²) in [5, 5.41) is 23.0. The lowest BCUT2D eigenvalue weighted by molar-refractivity contribution is -0.384. The Kier molecular flexibility index (Phi) is 5.46. The summed E-state index contributed by atoms with van der Waals surface area (Å²) in [5.41, 5.74) is 2.49. The van der Waals surface area contributed by atoms with Crippen molar-refractivity contribution in [1.82, 2.24) is 9.78 Å². The van der Waals surface area contributed by atoms with E-state index in [-0.39, 0.29) is 11.4 Å². The Labute approximate surface area is 181 Å². The van der Waals surface area contributed by atoms with Crippen LogP contribution in [0.15, 0.2) is 87.8 Å². The van der Waals surface area contributed by atoms with Crippen molar-refractivity contribution in [1.29, 1.82) is 0 Å². The average molecular weight is 434 g/mol. The fraction of sp³-hybridized carbons (Fsp3) is 0.0455. The van der Waals surface area contributed by atoms with Crippen molar-refractivity contribution in [3.05, 3.63) is 104 Å². The highest BCUT2D eigenvalue weighted by molar-refractivity contribution is 6.31. The molecule has 9 heteroatoms. The fourth-order valence-corrected chi connectivity index (χ4v) is 3.21. The van der Waals surface area contributed by atoms with Gasteiger partial charge in [-0.2, -0.15) is 0 Å². The highest BCUT2D eigenvalue weighted by Gasteiger charge is 2.18. The molecule has 154 valence electrons. The van der Waals surface area contributed by atoms with Crippen molar-refractivity contribution in [2.45, 2.75) is 6.92 Å². The van der Waals surface area contributed by atoms with E-state index in [1.54, 1.807) is 42.5 Å². The first-order valence-corrected chi connectivity index (χ1v) is 9.65. The van der Waals surface area contributed by atoms with Crippen LogP contribution in [0.4, 0.5) is 17.1 Å². The van der Waals surface area contributed by atoms with Crippen LogP contribution >= 0.6 is 11.6 Å². The second-order valence-electron chi connectivity index (χ2n) is 6.70. The molecule has 31 heavy (non-hydrogen) atoms. The molecule has 8 nitrogen and oxygen atoms in total. The van der Waals surface area contributed by atoms with Gasteiger partial charge in [0.05, 0.1) is 22.0 Å². The van der Waals surface area contributed by atoms with E-state index in [2.05, 4.69) is 15.3 Å². The zero-order chi connectivity index (χ0) is 22.0. The van der Waals surface area contributed by atoms with E-state index >= 15 is 0 Å².